The fourth-order valence-corrected chi connectivity index (χ4v) is 2.20. The third kappa shape index (κ3) is 6.13. The number of amides is 2. The summed E-state index contributed by atoms with van der Waals surface area (Å²) in [4.78, 5) is 24.2. The highest BCUT2D eigenvalue weighted by Crippen LogP contribution is 2.29. The monoisotopic (exact) mass is 297 g/mol. The van der Waals surface area contributed by atoms with Crippen LogP contribution in [0.1, 0.15) is 46.5 Å². The summed E-state index contributed by atoms with van der Waals surface area (Å²) in [5.41, 5.74) is -1.04. The highest BCUT2D eigenvalue weighted by molar-refractivity contribution is 5.91. The summed E-state index contributed by atoms with van der Waals surface area (Å²) < 4.78 is 4.84. The van der Waals surface area contributed by atoms with Crippen LogP contribution in [0.4, 0.5) is 0 Å². The zero-order valence-electron chi connectivity index (χ0n) is 13.5. The number of carbonyl (C=O) groups excluding carboxylic acids is 2. The minimum absolute atomic E-state index is 0.278. The third-order valence-corrected chi connectivity index (χ3v) is 3.35. The fraction of sp³-hybridized carbons (Fsp3) is 0.800. The SMILES string of the molecule is CCCC(C#N)(CCC)C(=O)NC(C)C(=O)NCCOC. The molecule has 6 heteroatoms. The molecule has 0 rings (SSSR count). The summed E-state index contributed by atoms with van der Waals surface area (Å²) in [7, 11) is 1.55. The topological polar surface area (TPSA) is 91.2 Å². The van der Waals surface area contributed by atoms with Crippen LogP contribution in [0.25, 0.3) is 0 Å². The van der Waals surface area contributed by atoms with Crippen molar-refractivity contribution in [2.75, 3.05) is 20.3 Å². The second-order valence-electron chi connectivity index (χ2n) is 5.17. The van der Waals surface area contributed by atoms with E-state index in [0.717, 1.165) is 12.8 Å². The zero-order valence-corrected chi connectivity index (χ0v) is 13.5. The molecule has 0 saturated heterocycles. The van der Waals surface area contributed by atoms with Gasteiger partial charge in [0.25, 0.3) is 0 Å². The Balaban J connectivity index is 4.67. The molecule has 0 spiro atoms. The molecule has 1 unspecified atom stereocenters. The van der Waals surface area contributed by atoms with Crippen LogP contribution in [-0.2, 0) is 14.3 Å². The van der Waals surface area contributed by atoms with Gasteiger partial charge in [0.1, 0.15) is 11.5 Å². The molecule has 0 aliphatic carbocycles. The molecule has 0 radical (unpaired) electrons. The van der Waals surface area contributed by atoms with Gasteiger partial charge < -0.3 is 15.4 Å². The van der Waals surface area contributed by atoms with E-state index in [9.17, 15) is 14.9 Å². The second kappa shape index (κ2) is 10.2. The van der Waals surface area contributed by atoms with E-state index in [1.807, 2.05) is 13.8 Å². The number of carbonyl (C=O) groups is 2. The second-order valence-corrected chi connectivity index (χ2v) is 5.17. The van der Waals surface area contributed by atoms with Crippen molar-refractivity contribution < 1.29 is 14.3 Å². The Morgan fingerprint density at radius 1 is 1.29 bits per heavy atom. The van der Waals surface area contributed by atoms with E-state index in [-0.39, 0.29) is 11.8 Å². The van der Waals surface area contributed by atoms with E-state index in [0.29, 0.717) is 26.0 Å². The third-order valence-electron chi connectivity index (χ3n) is 3.35. The maximum absolute atomic E-state index is 12.4. The lowest BCUT2D eigenvalue weighted by molar-refractivity contribution is -0.133. The summed E-state index contributed by atoms with van der Waals surface area (Å²) in [5, 5.41) is 14.7. The molecule has 2 amide bonds. The molecule has 120 valence electrons. The quantitative estimate of drug-likeness (QED) is 0.596. The van der Waals surface area contributed by atoms with Gasteiger partial charge in [-0.05, 0) is 19.8 Å². The number of hydrogen-bond acceptors (Lipinski definition) is 4. The molecular formula is C15H27N3O3. The van der Waals surface area contributed by atoms with Crippen LogP contribution in [-0.4, -0.2) is 38.1 Å². The minimum atomic E-state index is -1.04. The molecule has 0 aromatic carbocycles. The minimum Gasteiger partial charge on any atom is -0.383 e. The molecule has 0 fully saturated rings. The first-order chi connectivity index (χ1) is 9.97. The van der Waals surface area contributed by atoms with Crippen LogP contribution in [0.5, 0.6) is 0 Å². The van der Waals surface area contributed by atoms with Crippen LogP contribution in [0, 0.1) is 16.7 Å². The molecule has 0 aliphatic heterocycles. The van der Waals surface area contributed by atoms with Gasteiger partial charge in [-0.1, -0.05) is 26.7 Å². The van der Waals surface area contributed by atoms with Crippen molar-refractivity contribution in [3.8, 4) is 6.07 Å². The molecule has 2 N–H and O–H groups in total. The average Bonchev–Trinajstić information content (AvgIpc) is 2.46. The summed E-state index contributed by atoms with van der Waals surface area (Å²) in [6.07, 6.45) is 2.49. The molecule has 6 nitrogen and oxygen atoms in total. The molecule has 0 heterocycles. The lowest BCUT2D eigenvalue weighted by Crippen LogP contribution is -2.50. The largest absolute Gasteiger partial charge is 0.383 e. The highest BCUT2D eigenvalue weighted by Gasteiger charge is 2.38. The van der Waals surface area contributed by atoms with Gasteiger partial charge in [0, 0.05) is 13.7 Å². The molecule has 0 aromatic rings. The molecule has 21 heavy (non-hydrogen) atoms. The summed E-state index contributed by atoms with van der Waals surface area (Å²) >= 11 is 0. The van der Waals surface area contributed by atoms with Crippen molar-refractivity contribution in [1.29, 1.82) is 5.26 Å². The maximum atomic E-state index is 12.4. The van der Waals surface area contributed by atoms with Crippen LogP contribution in [0.2, 0.25) is 0 Å². The Kier molecular flexibility index (Phi) is 9.39. The fourth-order valence-electron chi connectivity index (χ4n) is 2.20. The Bertz CT molecular complexity index is 371. The Morgan fingerprint density at radius 2 is 1.86 bits per heavy atom. The first kappa shape index (κ1) is 19.4. The van der Waals surface area contributed by atoms with Gasteiger partial charge >= 0.3 is 0 Å². The van der Waals surface area contributed by atoms with Gasteiger partial charge in [-0.2, -0.15) is 5.26 Å². The zero-order chi connectivity index (χ0) is 16.3. The normalized spacial score (nSPS) is 12.3. The van der Waals surface area contributed by atoms with E-state index < -0.39 is 11.5 Å². The molecule has 0 saturated carbocycles. The number of rotatable bonds is 10. The smallest absolute Gasteiger partial charge is 0.242 e. The number of nitrogens with zero attached hydrogens (tertiary/aromatic N) is 1. The number of nitrogens with one attached hydrogen (secondary N) is 2. The molecule has 0 aromatic heterocycles. The molecule has 0 bridgehead atoms. The predicted octanol–water partition coefficient (Wildman–Crippen LogP) is 1.36. The van der Waals surface area contributed by atoms with E-state index >= 15 is 0 Å². The van der Waals surface area contributed by atoms with Crippen molar-refractivity contribution >= 4 is 11.8 Å². The van der Waals surface area contributed by atoms with E-state index in [2.05, 4.69) is 16.7 Å². The van der Waals surface area contributed by atoms with Crippen molar-refractivity contribution in [1.82, 2.24) is 10.6 Å². The lowest BCUT2D eigenvalue weighted by atomic mass is 9.79. The van der Waals surface area contributed by atoms with Gasteiger partial charge in [-0.15, -0.1) is 0 Å². The van der Waals surface area contributed by atoms with Crippen molar-refractivity contribution in [3.05, 3.63) is 0 Å². The number of ether oxygens (including phenoxy) is 1. The molecular weight excluding hydrogens is 270 g/mol. The van der Waals surface area contributed by atoms with Gasteiger partial charge in [0.2, 0.25) is 11.8 Å². The van der Waals surface area contributed by atoms with E-state index in [1.165, 1.54) is 0 Å². The lowest BCUT2D eigenvalue weighted by Gasteiger charge is -2.26. The van der Waals surface area contributed by atoms with Crippen molar-refractivity contribution in [3.63, 3.8) is 0 Å². The average molecular weight is 297 g/mol. The van der Waals surface area contributed by atoms with Crippen molar-refractivity contribution in [2.24, 2.45) is 5.41 Å². The predicted molar refractivity (Wildman–Crippen MR) is 80.4 cm³/mol. The van der Waals surface area contributed by atoms with Crippen LogP contribution >= 0.6 is 0 Å². The van der Waals surface area contributed by atoms with Gasteiger partial charge in [0.05, 0.1) is 12.7 Å². The highest BCUT2D eigenvalue weighted by atomic mass is 16.5. The Morgan fingerprint density at radius 3 is 2.29 bits per heavy atom. The standard InChI is InChI=1S/C15H27N3O3/c1-5-7-15(11-16,8-6-2)14(20)18-12(3)13(19)17-9-10-21-4/h12H,5-10H2,1-4H3,(H,17,19)(H,18,20). The summed E-state index contributed by atoms with van der Waals surface area (Å²) in [6, 6.07) is 1.48. The number of nitriles is 1. The van der Waals surface area contributed by atoms with Gasteiger partial charge in [-0.3, -0.25) is 9.59 Å². The summed E-state index contributed by atoms with van der Waals surface area (Å²) in [5.74, 6) is -0.636. The first-order valence-electron chi connectivity index (χ1n) is 7.46. The van der Waals surface area contributed by atoms with Crippen LogP contribution in [0.3, 0.4) is 0 Å². The number of methoxy groups -OCH3 is 1. The number of hydrogen-bond donors (Lipinski definition) is 2. The summed E-state index contributed by atoms with van der Waals surface area (Å²) in [6.45, 7) is 6.30. The van der Waals surface area contributed by atoms with Crippen LogP contribution in [0.15, 0.2) is 0 Å². The molecule has 1 atom stereocenters. The Labute approximate surface area is 127 Å². The van der Waals surface area contributed by atoms with Crippen molar-refractivity contribution in [2.45, 2.75) is 52.5 Å². The van der Waals surface area contributed by atoms with Gasteiger partial charge in [-0.25, -0.2) is 0 Å². The van der Waals surface area contributed by atoms with Crippen LogP contribution < -0.4 is 10.6 Å². The first-order valence-corrected chi connectivity index (χ1v) is 7.46. The van der Waals surface area contributed by atoms with E-state index in [1.54, 1.807) is 14.0 Å². The Hall–Kier alpha value is -1.61. The maximum Gasteiger partial charge on any atom is 0.242 e. The molecule has 0 aliphatic rings. The van der Waals surface area contributed by atoms with Gasteiger partial charge in [0.15, 0.2) is 0 Å². The van der Waals surface area contributed by atoms with E-state index in [4.69, 9.17) is 4.74 Å².